The standard InChI is InChI=1S/C44H47F15N2O12S.2CH4/c1-23(46)29(48)41(30(49)24(47)19-45)72-26(63)6-11-69-20-44(61-25(62)5-3-2-4-10-66-15-17-68-18-16-67-14-9-60,21-70-12-7-27(64)73-42-37(56)33(52)31(50)34(53)38(42)57)22-71-13-8-28(65)74-43-39(58)35(54)32(51)36(55)40(43)59;;/h1-22,60H2,(H,61,62);2*1H4/b30-24-,41-29-;;. The van der Waals surface area contributed by atoms with Crippen LogP contribution in [0, 0.1) is 58.2 Å². The molecule has 432 valence electrons. The molecule has 0 aromatic heterocycles. The number of carbonyl (C=O) groups is 4. The predicted molar refractivity (Wildman–Crippen MR) is 239 cm³/mol. The van der Waals surface area contributed by atoms with Gasteiger partial charge in [-0.15, -0.1) is 0 Å². The highest BCUT2D eigenvalue weighted by Gasteiger charge is 2.35. The van der Waals surface area contributed by atoms with E-state index in [9.17, 15) is 85.0 Å². The molecule has 1 atom stereocenters. The van der Waals surface area contributed by atoms with Gasteiger partial charge < -0.3 is 48.9 Å². The molecule has 0 saturated carbocycles. The van der Waals surface area contributed by atoms with E-state index in [1.807, 2.05) is 0 Å². The first-order valence-electron chi connectivity index (χ1n) is 21.5. The van der Waals surface area contributed by atoms with E-state index in [1.54, 1.807) is 0 Å². The summed E-state index contributed by atoms with van der Waals surface area (Å²) in [5.41, 5.74) is 3.26. The molecule has 2 aromatic carbocycles. The summed E-state index contributed by atoms with van der Waals surface area (Å²) in [5.74, 6) is -41.6. The van der Waals surface area contributed by atoms with E-state index in [1.165, 1.54) is 0 Å². The number of carbonyl (C=O) groups excluding carboxylic acids is 4. The summed E-state index contributed by atoms with van der Waals surface area (Å²) in [5, 5.41) is 1.27. The Morgan fingerprint density at radius 3 is 1.46 bits per heavy atom. The van der Waals surface area contributed by atoms with Crippen molar-refractivity contribution in [3.8, 4) is 5.75 Å². The lowest BCUT2D eigenvalue weighted by Crippen LogP contribution is -2.58. The van der Waals surface area contributed by atoms with E-state index in [2.05, 4.69) is 21.4 Å². The summed E-state index contributed by atoms with van der Waals surface area (Å²) < 4.78 is 248. The summed E-state index contributed by atoms with van der Waals surface area (Å²) >= 11 is -0.390. The molecule has 2 rings (SSSR count). The lowest BCUT2D eigenvalue weighted by Gasteiger charge is -2.34. The first-order chi connectivity index (χ1) is 35.0. The number of nitrogens with one attached hydrogen (secondary N) is 1. The summed E-state index contributed by atoms with van der Waals surface area (Å²) in [4.78, 5) is 49.4. The second-order valence-corrected chi connectivity index (χ2v) is 15.9. The number of allylic oxidation sites excluding steroid dienone is 4. The molecule has 1 unspecified atom stereocenters. The summed E-state index contributed by atoms with van der Waals surface area (Å²) in [6.45, 7) is -2.68. The van der Waals surface area contributed by atoms with Gasteiger partial charge in [0.1, 0.15) is 12.2 Å². The Bertz CT molecular complexity index is 2160. The van der Waals surface area contributed by atoms with Gasteiger partial charge in [-0.2, -0.15) is 17.6 Å². The molecule has 0 aliphatic heterocycles. The summed E-state index contributed by atoms with van der Waals surface area (Å²) in [7, 11) is 0. The normalized spacial score (nSPS) is 12.7. The molecule has 30 heteroatoms. The molecule has 0 fully saturated rings. The van der Waals surface area contributed by atoms with Crippen LogP contribution in [0.4, 0.5) is 65.9 Å². The van der Waals surface area contributed by atoms with Crippen LogP contribution in [0.1, 0.15) is 59.8 Å². The lowest BCUT2D eigenvalue weighted by molar-refractivity contribution is -0.141. The number of amides is 1. The zero-order valence-electron chi connectivity index (χ0n) is 38.6. The number of hydrogen-bond acceptors (Lipinski definition) is 14. The Hall–Kier alpha value is -5.24. The van der Waals surface area contributed by atoms with E-state index in [4.69, 9.17) is 34.2 Å². The number of hydrogen-bond donors (Lipinski definition) is 2. The number of rotatable bonds is 36. The Labute approximate surface area is 430 Å². The van der Waals surface area contributed by atoms with Crippen LogP contribution in [0.15, 0.2) is 40.5 Å². The van der Waals surface area contributed by atoms with Crippen molar-refractivity contribution < 1.29 is 123 Å². The maximum absolute atomic E-state index is 14.3. The third-order valence-electron chi connectivity index (χ3n) is 9.07. The molecule has 0 bridgehead atoms. The van der Waals surface area contributed by atoms with E-state index < -0.39 is 204 Å². The first-order valence-corrected chi connectivity index (χ1v) is 22.3. The summed E-state index contributed by atoms with van der Waals surface area (Å²) in [6.07, 6.45) is -2.17. The van der Waals surface area contributed by atoms with Crippen molar-refractivity contribution in [3.05, 3.63) is 93.8 Å². The molecular weight excluding hydrogens is 1090 g/mol. The van der Waals surface area contributed by atoms with Gasteiger partial charge in [0.15, 0.2) is 40.0 Å². The number of alkyl halides is 1. The number of nitrogens with two attached hydrogens (primary N) is 1. The Morgan fingerprint density at radius 1 is 0.526 bits per heavy atom. The molecule has 0 saturated heterocycles. The van der Waals surface area contributed by atoms with Crippen molar-refractivity contribution in [2.24, 2.45) is 5.73 Å². The second kappa shape index (κ2) is 36.7. The quantitative estimate of drug-likeness (QED) is 0.00758. The lowest BCUT2D eigenvalue weighted by atomic mass is 10.0. The number of benzene rings is 2. The van der Waals surface area contributed by atoms with Crippen molar-refractivity contribution in [2.45, 2.75) is 70.2 Å². The van der Waals surface area contributed by atoms with Crippen molar-refractivity contribution >= 4 is 34.7 Å². The van der Waals surface area contributed by atoms with Gasteiger partial charge >= 0.3 is 11.9 Å². The third kappa shape index (κ3) is 23.2. The van der Waals surface area contributed by atoms with Gasteiger partial charge in [0.05, 0.1) is 90.4 Å². The van der Waals surface area contributed by atoms with Gasteiger partial charge in [-0.1, -0.05) is 27.9 Å². The first kappa shape index (κ1) is 70.8. The van der Waals surface area contributed by atoms with Crippen molar-refractivity contribution in [1.29, 1.82) is 0 Å². The minimum absolute atomic E-state index is 0. The topological polar surface area (TPSA) is 180 Å². The van der Waals surface area contributed by atoms with Gasteiger partial charge in [0.2, 0.25) is 64.0 Å². The predicted octanol–water partition coefficient (Wildman–Crippen LogP) is 9.55. The molecule has 0 radical (unpaired) electrons. The number of halogens is 15. The maximum Gasteiger partial charge on any atom is 0.313 e. The smallest absolute Gasteiger partial charge is 0.313 e. The average molecular weight is 1140 g/mol. The van der Waals surface area contributed by atoms with Gasteiger partial charge in [0, 0.05) is 26.0 Å². The van der Waals surface area contributed by atoms with E-state index >= 15 is 0 Å². The van der Waals surface area contributed by atoms with Gasteiger partial charge in [-0.3, -0.25) is 19.2 Å². The highest BCUT2D eigenvalue weighted by Crippen LogP contribution is 2.33. The second-order valence-electron chi connectivity index (χ2n) is 14.8. The van der Waals surface area contributed by atoms with Gasteiger partial charge in [-0.25, -0.2) is 48.3 Å². The molecule has 14 nitrogen and oxygen atoms in total. The molecule has 3 N–H and O–H groups in total. The molecule has 0 aliphatic rings. The van der Waals surface area contributed by atoms with E-state index in [-0.39, 0.29) is 47.5 Å². The zero-order valence-corrected chi connectivity index (χ0v) is 39.4. The Morgan fingerprint density at radius 2 is 0.974 bits per heavy atom. The largest absolute Gasteiger partial charge is 0.420 e. The fraction of sp³-hybridized carbons (Fsp3) is 0.522. The highest BCUT2D eigenvalue weighted by atomic mass is 32.2. The monoisotopic (exact) mass is 1140 g/mol. The molecule has 2 aromatic rings. The number of ether oxygens (including phenoxy) is 8. The van der Waals surface area contributed by atoms with Crippen molar-refractivity contribution in [1.82, 2.24) is 5.32 Å². The third-order valence-corrected chi connectivity index (χ3v) is 10.1. The molecule has 0 heterocycles. The number of thioether (sulfide) groups is 1. The van der Waals surface area contributed by atoms with E-state index in [0.717, 1.165) is 0 Å². The minimum Gasteiger partial charge on any atom is -0.420 e. The maximum atomic E-state index is 14.3. The Balaban J connectivity index is 0.0000281. The van der Waals surface area contributed by atoms with E-state index in [0.29, 0.717) is 39.2 Å². The molecule has 0 spiro atoms. The minimum atomic E-state index is -2.56. The van der Waals surface area contributed by atoms with Crippen LogP contribution in [0.2, 0.25) is 0 Å². The van der Waals surface area contributed by atoms with Crippen LogP contribution < -0.4 is 15.8 Å². The molecular formula is C46H55F15N2O12S. The van der Waals surface area contributed by atoms with Gasteiger partial charge in [-0.05, 0) is 24.6 Å². The highest BCUT2D eigenvalue weighted by molar-refractivity contribution is 8.13. The average Bonchev–Trinajstić information content (AvgIpc) is 3.37. The van der Waals surface area contributed by atoms with Crippen LogP contribution in [0.25, 0.3) is 0 Å². The van der Waals surface area contributed by atoms with Crippen LogP contribution in [-0.2, 0) is 52.3 Å². The Kier molecular flexibility index (Phi) is 34.2. The SMILES string of the molecule is C.C.C=C(F)/C(F)=C(OC(=O)CCOCC(COCCC(=O)Oc1c(F)c(F)c(F)c(F)c1F)(COCCC(=O)Sc1c(F)c(F)c(F)c(F)c1F)NC(=O)CCCCCOCCOCCOCCN)\C(F)=C(\F)CF. The summed E-state index contributed by atoms with van der Waals surface area (Å²) in [6, 6.07) is 0. The fourth-order valence-corrected chi connectivity index (χ4v) is 6.26. The number of unbranched alkanes of at least 4 members (excludes halogenated alkanes) is 2. The van der Waals surface area contributed by atoms with Crippen LogP contribution in [0.3, 0.4) is 0 Å². The van der Waals surface area contributed by atoms with Gasteiger partial charge in [0.25, 0.3) is 0 Å². The van der Waals surface area contributed by atoms with Crippen molar-refractivity contribution in [3.63, 3.8) is 0 Å². The van der Waals surface area contributed by atoms with Crippen molar-refractivity contribution in [2.75, 3.05) is 92.5 Å². The molecule has 0 aliphatic carbocycles. The van der Waals surface area contributed by atoms with Crippen LogP contribution >= 0.6 is 11.8 Å². The molecule has 76 heavy (non-hydrogen) atoms. The van der Waals surface area contributed by atoms with Crippen LogP contribution in [-0.4, -0.2) is 121 Å². The zero-order chi connectivity index (χ0) is 55.5. The molecule has 1 amide bonds. The fourth-order valence-electron chi connectivity index (χ4n) is 5.49. The van der Waals surface area contributed by atoms with Crippen LogP contribution in [0.5, 0.6) is 5.75 Å². The number of esters is 2.